The van der Waals surface area contributed by atoms with Crippen molar-refractivity contribution < 1.29 is 23.2 Å². The molecule has 3 N–H and O–H groups in total. The molecule has 1 atom stereocenters. The van der Waals surface area contributed by atoms with Crippen LogP contribution in [0.3, 0.4) is 0 Å². The van der Waals surface area contributed by atoms with Crippen LogP contribution in [0.2, 0.25) is 5.02 Å². The number of carbonyl (C=O) groups excluding carboxylic acids is 2. The lowest BCUT2D eigenvalue weighted by atomic mass is 9.97. The molecule has 1 saturated heterocycles. The predicted octanol–water partition coefficient (Wildman–Crippen LogP) is 4.51. The lowest BCUT2D eigenvalue weighted by Crippen LogP contribution is -2.41. The Morgan fingerprint density at radius 2 is 1.74 bits per heavy atom. The summed E-state index contributed by atoms with van der Waals surface area (Å²) in [6.45, 7) is 0.101. The minimum Gasteiger partial charge on any atom is -0.323 e. The first-order valence-electron chi connectivity index (χ1n) is 10.9. The molecule has 0 aliphatic carbocycles. The van der Waals surface area contributed by atoms with E-state index < -0.39 is 32.9 Å². The van der Waals surface area contributed by atoms with Crippen LogP contribution in [0.15, 0.2) is 66.7 Å². The number of nitrogens with zero attached hydrogens (tertiary/aromatic N) is 1. The Bertz CT molecular complexity index is 1310. The van der Waals surface area contributed by atoms with Crippen LogP contribution in [0.4, 0.5) is 10.5 Å². The minimum absolute atomic E-state index is 0.00549. The van der Waals surface area contributed by atoms with Crippen LogP contribution in [0.1, 0.15) is 17.7 Å². The van der Waals surface area contributed by atoms with Gasteiger partial charge in [-0.05, 0) is 48.4 Å². The number of carbonyl (C=O) groups is 2. The molecule has 0 bridgehead atoms. The molecule has 3 aromatic rings. The number of halogens is 1. The molecule has 0 saturated carbocycles. The number of urea groups is 1. The molecular formula is C24H24ClN3O5S2. The van der Waals surface area contributed by atoms with E-state index in [-0.39, 0.29) is 25.3 Å². The van der Waals surface area contributed by atoms with E-state index in [1.54, 1.807) is 47.9 Å². The largest absolute Gasteiger partial charge is 0.323 e. The fraction of sp³-hybridized carbons (Fsp3) is 0.250. The van der Waals surface area contributed by atoms with Gasteiger partial charge in [-0.3, -0.25) is 10.0 Å². The van der Waals surface area contributed by atoms with E-state index >= 15 is 0 Å². The first-order valence-corrected chi connectivity index (χ1v) is 13.7. The van der Waals surface area contributed by atoms with Crippen molar-refractivity contribution in [2.45, 2.75) is 17.6 Å². The molecule has 0 radical (unpaired) electrons. The number of hydrogen-bond acceptors (Lipinski definition) is 6. The van der Waals surface area contributed by atoms with Gasteiger partial charge in [0.1, 0.15) is 4.75 Å². The molecule has 1 aliphatic heterocycles. The van der Waals surface area contributed by atoms with E-state index in [1.165, 1.54) is 16.2 Å². The lowest BCUT2D eigenvalue weighted by Gasteiger charge is -2.30. The maximum absolute atomic E-state index is 13.7. The summed E-state index contributed by atoms with van der Waals surface area (Å²) in [5, 5.41) is 12.6. The molecule has 1 fully saturated rings. The van der Waals surface area contributed by atoms with Crippen LogP contribution in [0, 0.1) is 0 Å². The highest BCUT2D eigenvalue weighted by Crippen LogP contribution is 2.45. The quantitative estimate of drug-likeness (QED) is 0.329. The molecule has 0 spiro atoms. The van der Waals surface area contributed by atoms with Crippen LogP contribution in [-0.4, -0.2) is 49.3 Å². The van der Waals surface area contributed by atoms with Gasteiger partial charge in [0.05, 0.1) is 12.2 Å². The second kappa shape index (κ2) is 10.4. The van der Waals surface area contributed by atoms with E-state index in [0.29, 0.717) is 15.6 Å². The van der Waals surface area contributed by atoms with Crippen molar-refractivity contribution in [1.29, 1.82) is 0 Å². The van der Waals surface area contributed by atoms with Crippen molar-refractivity contribution in [3.05, 3.63) is 76.6 Å². The Morgan fingerprint density at radius 1 is 1.03 bits per heavy atom. The number of amides is 3. The number of sulfone groups is 1. The average molecular weight is 534 g/mol. The number of nitrogens with one attached hydrogen (secondary N) is 2. The number of benzene rings is 2. The smallest absolute Gasteiger partial charge is 0.321 e. The summed E-state index contributed by atoms with van der Waals surface area (Å²) in [5.41, 5.74) is 3.03. The average Bonchev–Trinajstić information content (AvgIpc) is 3.29. The van der Waals surface area contributed by atoms with E-state index in [2.05, 4.69) is 5.32 Å². The zero-order valence-electron chi connectivity index (χ0n) is 18.6. The Hall–Kier alpha value is -2.92. The zero-order chi connectivity index (χ0) is 25.1. The molecule has 35 heavy (non-hydrogen) atoms. The van der Waals surface area contributed by atoms with Crippen LogP contribution >= 0.6 is 22.9 Å². The Kier molecular flexibility index (Phi) is 7.46. The second-order valence-electron chi connectivity index (χ2n) is 8.23. The topological polar surface area (TPSA) is 116 Å². The molecular weight excluding hydrogens is 510 g/mol. The van der Waals surface area contributed by atoms with Gasteiger partial charge in [-0.15, -0.1) is 11.3 Å². The summed E-state index contributed by atoms with van der Waals surface area (Å²) in [4.78, 5) is 27.9. The number of rotatable bonds is 5. The summed E-state index contributed by atoms with van der Waals surface area (Å²) in [6, 6.07) is 19.2. The van der Waals surface area contributed by atoms with E-state index in [4.69, 9.17) is 11.6 Å². The van der Waals surface area contributed by atoms with Crippen LogP contribution in [0.25, 0.3) is 10.4 Å². The van der Waals surface area contributed by atoms with Gasteiger partial charge in [0.2, 0.25) is 5.91 Å². The van der Waals surface area contributed by atoms with Crippen molar-refractivity contribution in [3.8, 4) is 10.4 Å². The normalized spacial score (nSPS) is 19.5. The third-order valence-electron chi connectivity index (χ3n) is 6.08. The third kappa shape index (κ3) is 5.35. The van der Waals surface area contributed by atoms with Gasteiger partial charge in [-0.25, -0.2) is 18.7 Å². The van der Waals surface area contributed by atoms with Crippen molar-refractivity contribution >= 4 is 50.4 Å². The molecule has 0 unspecified atom stereocenters. The number of anilines is 1. The van der Waals surface area contributed by atoms with Crippen LogP contribution in [0.5, 0.6) is 0 Å². The summed E-state index contributed by atoms with van der Waals surface area (Å²) in [7, 11) is -3.90. The standard InChI is InChI=1S/C24H24ClN3O5S2/c25-18-8-6-17(7-9-18)20-10-11-21(34-20)24(16-22(29)27-31)12-13-28(14-15-35(24,32)33)23(30)26-19-4-2-1-3-5-19/h1-11,31H,12-16H2,(H,26,30)(H,27,29)/t24-/m0/s1. The van der Waals surface area contributed by atoms with Crippen LogP contribution < -0.4 is 10.8 Å². The molecule has 4 rings (SSSR count). The van der Waals surface area contributed by atoms with Gasteiger partial charge in [0.15, 0.2) is 9.84 Å². The van der Waals surface area contributed by atoms with Gasteiger partial charge < -0.3 is 10.2 Å². The molecule has 3 amide bonds. The number of hydroxylamine groups is 1. The van der Waals surface area contributed by atoms with E-state index in [0.717, 1.165) is 10.4 Å². The predicted molar refractivity (Wildman–Crippen MR) is 136 cm³/mol. The molecule has 11 heteroatoms. The Morgan fingerprint density at radius 3 is 2.43 bits per heavy atom. The SMILES string of the molecule is O=C(C[C@]1(c2ccc(-c3ccc(Cl)cc3)s2)CCN(C(=O)Nc2ccccc2)CCS1(=O)=O)NO. The maximum Gasteiger partial charge on any atom is 0.321 e. The van der Waals surface area contributed by atoms with Crippen LogP contribution in [-0.2, 0) is 19.4 Å². The first kappa shape index (κ1) is 25.2. The molecule has 2 heterocycles. The monoisotopic (exact) mass is 533 g/mol. The summed E-state index contributed by atoms with van der Waals surface area (Å²) >= 11 is 7.26. The zero-order valence-corrected chi connectivity index (χ0v) is 21.0. The Balaban J connectivity index is 1.67. The Labute approximate surface area is 212 Å². The van der Waals surface area contributed by atoms with Gasteiger partial charge in [0.25, 0.3) is 0 Å². The third-order valence-corrected chi connectivity index (χ3v) is 10.3. The van der Waals surface area contributed by atoms with Crippen molar-refractivity contribution in [2.24, 2.45) is 0 Å². The highest BCUT2D eigenvalue weighted by atomic mass is 35.5. The fourth-order valence-electron chi connectivity index (χ4n) is 4.15. The second-order valence-corrected chi connectivity index (χ2v) is 12.2. The van der Waals surface area contributed by atoms with Crippen molar-refractivity contribution in [1.82, 2.24) is 10.4 Å². The molecule has 184 valence electrons. The number of thiophene rings is 1. The van der Waals surface area contributed by atoms with E-state index in [9.17, 15) is 23.2 Å². The molecule has 2 aromatic carbocycles. The highest BCUT2D eigenvalue weighted by Gasteiger charge is 2.49. The lowest BCUT2D eigenvalue weighted by molar-refractivity contribution is -0.129. The number of para-hydroxylation sites is 1. The highest BCUT2D eigenvalue weighted by molar-refractivity contribution is 7.92. The molecule has 8 nitrogen and oxygen atoms in total. The van der Waals surface area contributed by atoms with Gasteiger partial charge in [-0.1, -0.05) is 41.9 Å². The summed E-state index contributed by atoms with van der Waals surface area (Å²) < 4.78 is 25.7. The van der Waals surface area contributed by atoms with Crippen molar-refractivity contribution in [2.75, 3.05) is 24.2 Å². The number of hydrogen-bond donors (Lipinski definition) is 3. The van der Waals surface area contributed by atoms with E-state index in [1.807, 2.05) is 24.3 Å². The summed E-state index contributed by atoms with van der Waals surface area (Å²) in [5.74, 6) is -1.13. The van der Waals surface area contributed by atoms with Gasteiger partial charge in [0, 0.05) is 33.6 Å². The first-order chi connectivity index (χ1) is 16.7. The van der Waals surface area contributed by atoms with Crippen molar-refractivity contribution in [3.63, 3.8) is 0 Å². The van der Waals surface area contributed by atoms with Gasteiger partial charge >= 0.3 is 6.03 Å². The minimum atomic E-state index is -3.90. The molecule has 1 aliphatic rings. The van der Waals surface area contributed by atoms with Gasteiger partial charge in [-0.2, -0.15) is 0 Å². The summed E-state index contributed by atoms with van der Waals surface area (Å²) in [6.07, 6.45) is -0.452. The maximum atomic E-state index is 13.7. The fourth-order valence-corrected chi connectivity index (χ4v) is 7.88. The molecule has 1 aromatic heterocycles.